The molecule has 6 nitrogen and oxygen atoms in total. The summed E-state index contributed by atoms with van der Waals surface area (Å²) in [6.07, 6.45) is 2.46. The molecule has 0 amide bonds. The average Bonchev–Trinajstić information content (AvgIpc) is 2.80. The summed E-state index contributed by atoms with van der Waals surface area (Å²) in [7, 11) is 1.91. The van der Waals surface area contributed by atoms with Gasteiger partial charge in [0.2, 0.25) is 0 Å². The fourth-order valence-electron chi connectivity index (χ4n) is 2.14. The number of aryl methyl sites for hydroxylation is 1. The summed E-state index contributed by atoms with van der Waals surface area (Å²) in [6.45, 7) is 1.05. The van der Waals surface area contributed by atoms with E-state index in [1.165, 1.54) is 6.26 Å². The van der Waals surface area contributed by atoms with E-state index < -0.39 is 6.10 Å². The van der Waals surface area contributed by atoms with Crippen LogP contribution in [0.4, 0.5) is 0 Å². The van der Waals surface area contributed by atoms with Gasteiger partial charge in [-0.15, -0.1) is 0 Å². The van der Waals surface area contributed by atoms with Gasteiger partial charge in [0.05, 0.1) is 18.1 Å². The standard InChI is InChI=1S/C14H20N2O4/c1-16(7-11(18)8-17)6-2-3-10-4-5-12-13(15-10)9-20-14(12)19/h4-5,9,11,17-19H,2-3,6-8H2,1H3. The van der Waals surface area contributed by atoms with Crippen molar-refractivity contribution in [3.8, 4) is 5.95 Å². The van der Waals surface area contributed by atoms with E-state index in [0.717, 1.165) is 25.1 Å². The molecule has 2 aromatic rings. The minimum absolute atomic E-state index is 0.100. The van der Waals surface area contributed by atoms with Crippen LogP contribution in [0.1, 0.15) is 12.1 Å². The molecule has 0 saturated heterocycles. The van der Waals surface area contributed by atoms with Crippen LogP contribution in [0.5, 0.6) is 5.95 Å². The Bertz CT molecular complexity index is 555. The lowest BCUT2D eigenvalue weighted by Gasteiger charge is -2.18. The summed E-state index contributed by atoms with van der Waals surface area (Å²) in [4.78, 5) is 6.38. The van der Waals surface area contributed by atoms with Gasteiger partial charge in [-0.2, -0.15) is 0 Å². The summed E-state index contributed by atoms with van der Waals surface area (Å²) < 4.78 is 4.90. The number of hydrogen-bond donors (Lipinski definition) is 3. The molecule has 2 aromatic heterocycles. The Labute approximate surface area is 117 Å². The molecule has 0 aromatic carbocycles. The highest BCUT2D eigenvalue weighted by Crippen LogP contribution is 2.25. The first kappa shape index (κ1) is 14.8. The van der Waals surface area contributed by atoms with E-state index in [2.05, 4.69) is 4.98 Å². The fourth-order valence-corrected chi connectivity index (χ4v) is 2.14. The quantitative estimate of drug-likeness (QED) is 0.693. The SMILES string of the molecule is CN(CCCc1ccc2c(O)occ2n1)CC(O)CO. The second-order valence-corrected chi connectivity index (χ2v) is 4.98. The Hall–Kier alpha value is -1.63. The number of fused-ring (bicyclic) bond motifs is 1. The third-order valence-corrected chi connectivity index (χ3v) is 3.20. The van der Waals surface area contributed by atoms with Crippen molar-refractivity contribution in [1.82, 2.24) is 9.88 Å². The van der Waals surface area contributed by atoms with Crippen molar-refractivity contribution < 1.29 is 19.7 Å². The van der Waals surface area contributed by atoms with Gasteiger partial charge in [0.1, 0.15) is 11.8 Å². The van der Waals surface area contributed by atoms with Crippen LogP contribution < -0.4 is 0 Å². The Morgan fingerprint density at radius 2 is 2.20 bits per heavy atom. The molecule has 0 saturated carbocycles. The molecule has 0 spiro atoms. The highest BCUT2D eigenvalue weighted by molar-refractivity contribution is 5.82. The molecule has 3 N–H and O–H groups in total. The minimum atomic E-state index is -0.691. The van der Waals surface area contributed by atoms with Crippen LogP contribution in [-0.4, -0.2) is 58.1 Å². The van der Waals surface area contributed by atoms with Crippen molar-refractivity contribution >= 4 is 10.9 Å². The summed E-state index contributed by atoms with van der Waals surface area (Å²) in [5.74, 6) is -0.100. The Morgan fingerprint density at radius 3 is 2.95 bits per heavy atom. The lowest BCUT2D eigenvalue weighted by Crippen LogP contribution is -2.32. The zero-order chi connectivity index (χ0) is 14.5. The van der Waals surface area contributed by atoms with Crippen LogP contribution in [0.2, 0.25) is 0 Å². The van der Waals surface area contributed by atoms with E-state index in [-0.39, 0.29) is 12.6 Å². The summed E-state index contributed by atoms with van der Waals surface area (Å²) >= 11 is 0. The molecule has 0 aliphatic carbocycles. The number of pyridine rings is 1. The van der Waals surface area contributed by atoms with Gasteiger partial charge in [0.15, 0.2) is 0 Å². The van der Waals surface area contributed by atoms with Crippen molar-refractivity contribution in [3.63, 3.8) is 0 Å². The Kier molecular flexibility index (Phi) is 4.94. The van der Waals surface area contributed by atoms with Crippen LogP contribution >= 0.6 is 0 Å². The van der Waals surface area contributed by atoms with Gasteiger partial charge in [-0.1, -0.05) is 0 Å². The maximum absolute atomic E-state index is 9.40. The van der Waals surface area contributed by atoms with Crippen molar-refractivity contribution in [1.29, 1.82) is 0 Å². The van der Waals surface area contributed by atoms with Crippen molar-refractivity contribution in [3.05, 3.63) is 24.1 Å². The van der Waals surface area contributed by atoms with Gasteiger partial charge >= 0.3 is 0 Å². The molecular formula is C14H20N2O4. The molecule has 0 radical (unpaired) electrons. The number of likely N-dealkylation sites (N-methyl/N-ethyl adjacent to an activating group) is 1. The van der Waals surface area contributed by atoms with Crippen LogP contribution in [-0.2, 0) is 6.42 Å². The van der Waals surface area contributed by atoms with Gasteiger partial charge in [0, 0.05) is 12.2 Å². The predicted molar refractivity (Wildman–Crippen MR) is 74.6 cm³/mol. The first-order chi connectivity index (χ1) is 9.60. The molecule has 110 valence electrons. The number of hydrogen-bond acceptors (Lipinski definition) is 6. The number of aromatic hydroxyl groups is 1. The van der Waals surface area contributed by atoms with Gasteiger partial charge in [-0.25, -0.2) is 4.98 Å². The minimum Gasteiger partial charge on any atom is -0.480 e. The normalized spacial score (nSPS) is 13.2. The molecule has 1 atom stereocenters. The van der Waals surface area contributed by atoms with Gasteiger partial charge in [0.25, 0.3) is 5.95 Å². The highest BCUT2D eigenvalue weighted by atomic mass is 16.5. The fraction of sp³-hybridized carbons (Fsp3) is 0.500. The molecule has 0 aliphatic rings. The van der Waals surface area contributed by atoms with E-state index in [1.807, 2.05) is 18.0 Å². The number of rotatable bonds is 7. The number of nitrogens with zero attached hydrogens (tertiary/aromatic N) is 2. The Balaban J connectivity index is 1.83. The van der Waals surface area contributed by atoms with Crippen LogP contribution in [0.15, 0.2) is 22.8 Å². The first-order valence-corrected chi connectivity index (χ1v) is 6.63. The van der Waals surface area contributed by atoms with Crippen molar-refractivity contribution in [2.24, 2.45) is 0 Å². The molecule has 1 unspecified atom stereocenters. The Morgan fingerprint density at radius 1 is 1.40 bits per heavy atom. The number of aromatic nitrogens is 1. The van der Waals surface area contributed by atoms with E-state index >= 15 is 0 Å². The van der Waals surface area contributed by atoms with Crippen molar-refractivity contribution in [2.75, 3.05) is 26.7 Å². The van der Waals surface area contributed by atoms with Gasteiger partial charge < -0.3 is 24.6 Å². The van der Waals surface area contributed by atoms with Gasteiger partial charge in [-0.3, -0.25) is 0 Å². The van der Waals surface area contributed by atoms with E-state index in [4.69, 9.17) is 9.52 Å². The smallest absolute Gasteiger partial charge is 0.291 e. The van der Waals surface area contributed by atoms with E-state index in [9.17, 15) is 10.2 Å². The average molecular weight is 280 g/mol. The second kappa shape index (κ2) is 6.69. The maximum Gasteiger partial charge on any atom is 0.291 e. The molecule has 20 heavy (non-hydrogen) atoms. The largest absolute Gasteiger partial charge is 0.480 e. The summed E-state index contributed by atoms with van der Waals surface area (Å²) in [5, 5.41) is 28.1. The zero-order valence-electron chi connectivity index (χ0n) is 11.5. The molecule has 2 rings (SSSR count). The van der Waals surface area contributed by atoms with E-state index in [1.54, 1.807) is 6.07 Å². The molecule has 2 heterocycles. The van der Waals surface area contributed by atoms with Gasteiger partial charge in [-0.05, 0) is 38.6 Å². The third-order valence-electron chi connectivity index (χ3n) is 3.20. The number of aliphatic hydroxyl groups excluding tert-OH is 2. The zero-order valence-corrected chi connectivity index (χ0v) is 11.5. The predicted octanol–water partition coefficient (Wildman–Crippen LogP) is 0.751. The van der Waals surface area contributed by atoms with Crippen molar-refractivity contribution in [2.45, 2.75) is 18.9 Å². The molecule has 0 bridgehead atoms. The van der Waals surface area contributed by atoms with Crippen LogP contribution in [0.3, 0.4) is 0 Å². The monoisotopic (exact) mass is 280 g/mol. The number of aliphatic hydroxyl groups is 2. The van der Waals surface area contributed by atoms with E-state index in [0.29, 0.717) is 17.4 Å². The lowest BCUT2D eigenvalue weighted by molar-refractivity contribution is 0.0664. The first-order valence-electron chi connectivity index (χ1n) is 6.63. The molecule has 6 heteroatoms. The summed E-state index contributed by atoms with van der Waals surface area (Å²) in [5.41, 5.74) is 1.60. The maximum atomic E-state index is 9.40. The number of furan rings is 1. The molecule has 0 aliphatic heterocycles. The second-order valence-electron chi connectivity index (χ2n) is 4.98. The third kappa shape index (κ3) is 3.69. The van der Waals surface area contributed by atoms with Crippen LogP contribution in [0.25, 0.3) is 10.9 Å². The summed E-state index contributed by atoms with van der Waals surface area (Å²) in [6, 6.07) is 3.68. The molecular weight excluding hydrogens is 260 g/mol. The highest BCUT2D eigenvalue weighted by Gasteiger charge is 2.08. The van der Waals surface area contributed by atoms with Crippen LogP contribution in [0, 0.1) is 0 Å². The lowest BCUT2D eigenvalue weighted by atomic mass is 10.2. The molecule has 0 fully saturated rings. The topological polar surface area (TPSA) is 90.0 Å².